The highest BCUT2D eigenvalue weighted by atomic mass is 16.7. The van der Waals surface area contributed by atoms with Gasteiger partial charge in [-0.25, -0.2) is 4.79 Å². The first-order valence-corrected chi connectivity index (χ1v) is 9.94. The maximum atomic E-state index is 11.9. The molecule has 28 heavy (non-hydrogen) atoms. The number of hydrogen-bond acceptors (Lipinski definition) is 6. The summed E-state index contributed by atoms with van der Waals surface area (Å²) in [5.74, 6) is 0.682. The van der Waals surface area contributed by atoms with Gasteiger partial charge < -0.3 is 28.4 Å². The van der Waals surface area contributed by atoms with Crippen LogP contribution in [0.3, 0.4) is 0 Å². The van der Waals surface area contributed by atoms with Crippen LogP contribution >= 0.6 is 0 Å². The fourth-order valence-corrected chi connectivity index (χ4v) is 3.68. The van der Waals surface area contributed by atoms with E-state index in [0.29, 0.717) is 44.0 Å². The number of fused-ring (bicyclic) bond motifs is 1. The lowest BCUT2D eigenvalue weighted by Crippen LogP contribution is -2.51. The van der Waals surface area contributed by atoms with Crippen molar-refractivity contribution in [2.24, 2.45) is 0 Å². The Hall–Kier alpha value is -1.93. The van der Waals surface area contributed by atoms with E-state index in [2.05, 4.69) is 0 Å². The molecule has 0 saturated carbocycles. The van der Waals surface area contributed by atoms with Crippen molar-refractivity contribution >= 4 is 18.7 Å². The van der Waals surface area contributed by atoms with E-state index in [-0.39, 0.29) is 6.09 Å². The van der Waals surface area contributed by atoms with Gasteiger partial charge in [-0.3, -0.25) is 0 Å². The molecule has 152 valence electrons. The minimum absolute atomic E-state index is 0.282. The second kappa shape index (κ2) is 6.56. The molecule has 2 saturated heterocycles. The van der Waals surface area contributed by atoms with Crippen molar-refractivity contribution in [1.82, 2.24) is 4.90 Å². The SMILES string of the molecule is CCOC(=O)N1CCC2(CC1)Oc1ccc(B3OC(C)(C)C(C)(C)O3)cc1O2. The van der Waals surface area contributed by atoms with Gasteiger partial charge in [0.25, 0.3) is 5.79 Å². The fraction of sp³-hybridized carbons (Fsp3) is 0.650. The predicted molar refractivity (Wildman–Crippen MR) is 104 cm³/mol. The van der Waals surface area contributed by atoms with Gasteiger partial charge in [0.15, 0.2) is 11.5 Å². The zero-order valence-corrected chi connectivity index (χ0v) is 17.2. The third-order valence-electron chi connectivity index (χ3n) is 6.14. The Bertz CT molecular complexity index is 756. The van der Waals surface area contributed by atoms with E-state index >= 15 is 0 Å². The summed E-state index contributed by atoms with van der Waals surface area (Å²) in [5.41, 5.74) is 0.117. The maximum absolute atomic E-state index is 11.9. The lowest BCUT2D eigenvalue weighted by molar-refractivity contribution is -0.115. The molecule has 1 aromatic carbocycles. The third-order valence-corrected chi connectivity index (χ3v) is 6.14. The number of piperidine rings is 1. The topological polar surface area (TPSA) is 66.5 Å². The normalized spacial score (nSPS) is 23.9. The number of benzene rings is 1. The maximum Gasteiger partial charge on any atom is 0.494 e. The van der Waals surface area contributed by atoms with Gasteiger partial charge in [-0.2, -0.15) is 0 Å². The molecule has 1 amide bonds. The van der Waals surface area contributed by atoms with Gasteiger partial charge in [0.05, 0.1) is 17.8 Å². The summed E-state index contributed by atoms with van der Waals surface area (Å²) in [7, 11) is -0.443. The molecule has 0 aliphatic carbocycles. The number of ether oxygens (including phenoxy) is 3. The Morgan fingerprint density at radius 1 is 1.07 bits per heavy atom. The van der Waals surface area contributed by atoms with E-state index < -0.39 is 24.1 Å². The molecule has 1 spiro atoms. The van der Waals surface area contributed by atoms with Crippen LogP contribution in [0.1, 0.15) is 47.5 Å². The molecule has 0 bridgehead atoms. The summed E-state index contributed by atoms with van der Waals surface area (Å²) in [4.78, 5) is 13.6. The molecule has 3 aliphatic heterocycles. The quantitative estimate of drug-likeness (QED) is 0.725. The minimum atomic E-state index is -0.722. The molecule has 3 aliphatic rings. The van der Waals surface area contributed by atoms with Crippen LogP contribution in [0.2, 0.25) is 0 Å². The molecule has 0 N–H and O–H groups in total. The third kappa shape index (κ3) is 3.22. The van der Waals surface area contributed by atoms with Gasteiger partial charge in [-0.05, 0) is 52.2 Å². The van der Waals surface area contributed by atoms with Crippen molar-refractivity contribution in [3.63, 3.8) is 0 Å². The van der Waals surface area contributed by atoms with E-state index in [4.69, 9.17) is 23.5 Å². The summed E-state index contributed by atoms with van der Waals surface area (Å²) in [6.07, 6.45) is 0.898. The van der Waals surface area contributed by atoms with Gasteiger partial charge in [-0.1, -0.05) is 6.07 Å². The van der Waals surface area contributed by atoms with Crippen LogP contribution in [0.25, 0.3) is 0 Å². The van der Waals surface area contributed by atoms with E-state index in [1.165, 1.54) is 0 Å². The molecule has 2 fully saturated rings. The highest BCUT2D eigenvalue weighted by Crippen LogP contribution is 2.44. The largest absolute Gasteiger partial charge is 0.494 e. The summed E-state index contributed by atoms with van der Waals surface area (Å²) in [5, 5.41) is 0. The fourth-order valence-electron chi connectivity index (χ4n) is 3.68. The molecule has 3 heterocycles. The van der Waals surface area contributed by atoms with Crippen LogP contribution in [-0.4, -0.2) is 54.8 Å². The standard InChI is InChI=1S/C20H28BNO6/c1-6-24-17(23)22-11-9-20(10-12-22)25-15-8-7-14(13-16(15)26-20)21-27-18(2,3)19(4,5)28-21/h7-8,13H,6,9-12H2,1-5H3. The second-order valence-corrected chi connectivity index (χ2v) is 8.60. The van der Waals surface area contributed by atoms with Gasteiger partial charge in [-0.15, -0.1) is 0 Å². The first-order valence-electron chi connectivity index (χ1n) is 9.94. The molecular formula is C20H28BNO6. The van der Waals surface area contributed by atoms with Gasteiger partial charge in [0.2, 0.25) is 0 Å². The predicted octanol–water partition coefficient (Wildman–Crippen LogP) is 2.71. The Labute approximate surface area is 166 Å². The summed E-state index contributed by atoms with van der Waals surface area (Å²) >= 11 is 0. The monoisotopic (exact) mass is 389 g/mol. The van der Waals surface area contributed by atoms with Crippen LogP contribution in [0, 0.1) is 0 Å². The molecule has 8 heteroatoms. The number of rotatable bonds is 2. The lowest BCUT2D eigenvalue weighted by Gasteiger charge is -2.36. The number of amides is 1. The Balaban J connectivity index is 1.45. The molecule has 0 aromatic heterocycles. The minimum Gasteiger partial charge on any atom is -0.450 e. The zero-order chi connectivity index (χ0) is 20.2. The number of hydrogen-bond donors (Lipinski definition) is 0. The van der Waals surface area contributed by atoms with E-state index in [9.17, 15) is 4.79 Å². The summed E-state index contributed by atoms with van der Waals surface area (Å²) in [6, 6.07) is 5.79. The summed E-state index contributed by atoms with van der Waals surface area (Å²) in [6.45, 7) is 11.4. The summed E-state index contributed by atoms with van der Waals surface area (Å²) < 4.78 is 29.7. The second-order valence-electron chi connectivity index (χ2n) is 8.60. The molecule has 0 atom stereocenters. The highest BCUT2D eigenvalue weighted by Gasteiger charge is 2.52. The van der Waals surface area contributed by atoms with E-state index in [0.717, 1.165) is 5.46 Å². The molecule has 0 unspecified atom stereocenters. The number of nitrogens with zero attached hydrogens (tertiary/aromatic N) is 1. The molecule has 7 nitrogen and oxygen atoms in total. The van der Waals surface area contributed by atoms with Gasteiger partial charge >= 0.3 is 13.2 Å². The Morgan fingerprint density at radius 2 is 1.68 bits per heavy atom. The smallest absolute Gasteiger partial charge is 0.450 e. The van der Waals surface area contributed by atoms with Gasteiger partial charge in [0.1, 0.15) is 0 Å². The van der Waals surface area contributed by atoms with Crippen molar-refractivity contribution in [2.75, 3.05) is 19.7 Å². The Morgan fingerprint density at radius 3 is 2.29 bits per heavy atom. The highest BCUT2D eigenvalue weighted by molar-refractivity contribution is 6.62. The lowest BCUT2D eigenvalue weighted by atomic mass is 9.79. The van der Waals surface area contributed by atoms with Crippen molar-refractivity contribution in [1.29, 1.82) is 0 Å². The van der Waals surface area contributed by atoms with E-state index in [1.807, 2.05) is 45.9 Å². The number of carbonyl (C=O) groups is 1. The van der Waals surface area contributed by atoms with Crippen molar-refractivity contribution in [2.45, 2.75) is 64.4 Å². The van der Waals surface area contributed by atoms with Crippen molar-refractivity contribution < 1.29 is 28.3 Å². The van der Waals surface area contributed by atoms with Crippen LogP contribution in [0.15, 0.2) is 18.2 Å². The van der Waals surface area contributed by atoms with Crippen LogP contribution in [0.4, 0.5) is 4.79 Å². The number of likely N-dealkylation sites (tertiary alicyclic amines) is 1. The molecular weight excluding hydrogens is 361 g/mol. The van der Waals surface area contributed by atoms with Crippen LogP contribution in [-0.2, 0) is 14.0 Å². The van der Waals surface area contributed by atoms with Crippen molar-refractivity contribution in [3.8, 4) is 11.5 Å². The number of carbonyl (C=O) groups excluding carboxylic acids is 1. The van der Waals surface area contributed by atoms with Crippen molar-refractivity contribution in [3.05, 3.63) is 18.2 Å². The first-order chi connectivity index (χ1) is 13.1. The van der Waals surface area contributed by atoms with Crippen LogP contribution in [0.5, 0.6) is 11.5 Å². The molecule has 4 rings (SSSR count). The first kappa shape index (κ1) is 19.4. The van der Waals surface area contributed by atoms with Crippen LogP contribution < -0.4 is 14.9 Å². The average Bonchev–Trinajstić information content (AvgIpc) is 3.08. The zero-order valence-electron chi connectivity index (χ0n) is 17.2. The average molecular weight is 389 g/mol. The molecule has 1 aromatic rings. The Kier molecular flexibility index (Phi) is 4.54. The van der Waals surface area contributed by atoms with E-state index in [1.54, 1.807) is 11.8 Å². The molecule has 0 radical (unpaired) electrons. The van der Waals surface area contributed by atoms with Gasteiger partial charge in [0, 0.05) is 25.9 Å².